The number of benzene rings is 2. The molecule has 146 valence electrons. The number of para-hydroxylation sites is 1. The summed E-state index contributed by atoms with van der Waals surface area (Å²) < 4.78 is 3.99. The third-order valence-corrected chi connectivity index (χ3v) is 7.22. The van der Waals surface area contributed by atoms with Gasteiger partial charge in [-0.25, -0.2) is 4.98 Å². The molecular formula is C21H19N5OS2. The topological polar surface area (TPSA) is 65.6 Å². The summed E-state index contributed by atoms with van der Waals surface area (Å²) in [5.41, 5.74) is 1.84. The Hall–Kier alpha value is -2.58. The summed E-state index contributed by atoms with van der Waals surface area (Å²) in [6.45, 7) is 2.59. The standard InChI is InChI=1S/C21H19N5OS2/c1-2-25-19(27)16-10-6-7-11-17(16)22-20(25)28-12-15-13-29-21-24-23-18(26(15)21)14-8-4-3-5-9-14/h3-11,15H,2,12-13H2,1H3. The highest BCUT2D eigenvalue weighted by Crippen LogP contribution is 2.38. The Balaban J connectivity index is 1.46. The number of hydrogen-bond donors (Lipinski definition) is 0. The molecule has 0 radical (unpaired) electrons. The van der Waals surface area contributed by atoms with Gasteiger partial charge in [0.15, 0.2) is 16.1 Å². The van der Waals surface area contributed by atoms with Crippen LogP contribution in [0.25, 0.3) is 22.3 Å². The van der Waals surface area contributed by atoms with Crippen molar-refractivity contribution in [3.63, 3.8) is 0 Å². The molecule has 0 bridgehead atoms. The van der Waals surface area contributed by atoms with Crippen LogP contribution in [0.1, 0.15) is 13.0 Å². The summed E-state index contributed by atoms with van der Waals surface area (Å²) in [6, 6.07) is 17.9. The van der Waals surface area contributed by atoms with Gasteiger partial charge in [0.1, 0.15) is 0 Å². The largest absolute Gasteiger partial charge is 0.297 e. The van der Waals surface area contributed by atoms with E-state index in [1.165, 1.54) is 0 Å². The summed E-state index contributed by atoms with van der Waals surface area (Å²) in [5.74, 6) is 2.65. The second-order valence-corrected chi connectivity index (χ2v) is 8.75. The van der Waals surface area contributed by atoms with Crippen LogP contribution in [-0.2, 0) is 6.54 Å². The fourth-order valence-electron chi connectivity index (χ4n) is 3.56. The minimum atomic E-state index is 0.0244. The summed E-state index contributed by atoms with van der Waals surface area (Å²) in [7, 11) is 0. The Kier molecular flexibility index (Phi) is 4.89. The molecule has 1 aliphatic heterocycles. The molecule has 1 unspecified atom stereocenters. The van der Waals surface area contributed by atoms with E-state index >= 15 is 0 Å². The van der Waals surface area contributed by atoms with Crippen molar-refractivity contribution in [2.24, 2.45) is 0 Å². The van der Waals surface area contributed by atoms with Gasteiger partial charge < -0.3 is 0 Å². The van der Waals surface area contributed by atoms with Gasteiger partial charge in [0, 0.05) is 23.6 Å². The van der Waals surface area contributed by atoms with E-state index in [2.05, 4.69) is 26.9 Å². The quantitative estimate of drug-likeness (QED) is 0.357. The average molecular weight is 422 g/mol. The van der Waals surface area contributed by atoms with Crippen LogP contribution in [0.15, 0.2) is 69.7 Å². The number of fused-ring (bicyclic) bond motifs is 2. The second-order valence-electron chi connectivity index (χ2n) is 6.78. The monoisotopic (exact) mass is 421 g/mol. The lowest BCUT2D eigenvalue weighted by Gasteiger charge is -2.16. The molecule has 2 aromatic heterocycles. The molecule has 8 heteroatoms. The zero-order chi connectivity index (χ0) is 19.8. The molecule has 0 spiro atoms. The maximum Gasteiger partial charge on any atom is 0.262 e. The molecule has 1 aliphatic rings. The van der Waals surface area contributed by atoms with Gasteiger partial charge in [0.05, 0.1) is 16.9 Å². The van der Waals surface area contributed by atoms with Gasteiger partial charge in [-0.1, -0.05) is 66.0 Å². The molecule has 5 rings (SSSR count). The lowest BCUT2D eigenvalue weighted by Crippen LogP contribution is -2.23. The van der Waals surface area contributed by atoms with Crippen LogP contribution in [0.2, 0.25) is 0 Å². The first-order valence-electron chi connectivity index (χ1n) is 9.51. The normalized spacial score (nSPS) is 15.7. The van der Waals surface area contributed by atoms with Crippen molar-refractivity contribution < 1.29 is 0 Å². The van der Waals surface area contributed by atoms with Crippen molar-refractivity contribution >= 4 is 34.4 Å². The Morgan fingerprint density at radius 3 is 2.72 bits per heavy atom. The van der Waals surface area contributed by atoms with E-state index in [9.17, 15) is 4.79 Å². The van der Waals surface area contributed by atoms with Gasteiger partial charge in [-0.2, -0.15) is 0 Å². The van der Waals surface area contributed by atoms with E-state index in [-0.39, 0.29) is 11.6 Å². The summed E-state index contributed by atoms with van der Waals surface area (Å²) in [4.78, 5) is 17.6. The first-order chi connectivity index (χ1) is 14.3. The van der Waals surface area contributed by atoms with Crippen LogP contribution in [-0.4, -0.2) is 35.8 Å². The van der Waals surface area contributed by atoms with E-state index < -0.39 is 0 Å². The summed E-state index contributed by atoms with van der Waals surface area (Å²) in [6.07, 6.45) is 0. The molecule has 0 fully saturated rings. The van der Waals surface area contributed by atoms with Crippen LogP contribution in [0.4, 0.5) is 0 Å². The highest BCUT2D eigenvalue weighted by atomic mass is 32.2. The molecular weight excluding hydrogens is 402 g/mol. The lowest BCUT2D eigenvalue weighted by atomic mass is 10.2. The summed E-state index contributed by atoms with van der Waals surface area (Å²) >= 11 is 3.36. The van der Waals surface area contributed by atoms with Crippen molar-refractivity contribution in [2.45, 2.75) is 29.8 Å². The average Bonchev–Trinajstić information content (AvgIpc) is 3.35. The maximum absolute atomic E-state index is 12.9. The van der Waals surface area contributed by atoms with Crippen LogP contribution in [0.3, 0.4) is 0 Å². The zero-order valence-corrected chi connectivity index (χ0v) is 17.5. The van der Waals surface area contributed by atoms with Crippen LogP contribution in [0, 0.1) is 0 Å². The number of thioether (sulfide) groups is 2. The number of rotatable bonds is 5. The molecule has 0 amide bonds. The molecule has 0 aliphatic carbocycles. The molecule has 3 heterocycles. The van der Waals surface area contributed by atoms with Crippen molar-refractivity contribution in [1.82, 2.24) is 24.3 Å². The van der Waals surface area contributed by atoms with E-state index in [4.69, 9.17) is 4.98 Å². The van der Waals surface area contributed by atoms with Gasteiger partial charge in [0.2, 0.25) is 0 Å². The van der Waals surface area contributed by atoms with Crippen molar-refractivity contribution in [2.75, 3.05) is 11.5 Å². The fourth-order valence-corrected chi connectivity index (χ4v) is 5.93. The van der Waals surface area contributed by atoms with E-state index in [0.717, 1.165) is 38.7 Å². The van der Waals surface area contributed by atoms with E-state index in [1.807, 2.05) is 49.4 Å². The molecule has 1 atom stereocenters. The van der Waals surface area contributed by atoms with E-state index in [1.54, 1.807) is 28.1 Å². The second kappa shape index (κ2) is 7.68. The summed E-state index contributed by atoms with van der Waals surface area (Å²) in [5, 5.41) is 11.2. The predicted octanol–water partition coefficient (Wildman–Crippen LogP) is 4.11. The number of hydrogen-bond acceptors (Lipinski definition) is 6. The molecule has 2 aromatic carbocycles. The fraction of sp³-hybridized carbons (Fsp3) is 0.238. The predicted molar refractivity (Wildman–Crippen MR) is 118 cm³/mol. The number of aromatic nitrogens is 5. The first-order valence-corrected chi connectivity index (χ1v) is 11.5. The Labute approximate surface area is 176 Å². The zero-order valence-electron chi connectivity index (χ0n) is 15.9. The van der Waals surface area contributed by atoms with Gasteiger partial charge in [-0.15, -0.1) is 10.2 Å². The van der Waals surface area contributed by atoms with Crippen molar-refractivity contribution in [3.05, 3.63) is 65.0 Å². The van der Waals surface area contributed by atoms with Gasteiger partial charge >= 0.3 is 0 Å². The molecule has 6 nitrogen and oxygen atoms in total. The first kappa shape index (κ1) is 18.4. The minimum Gasteiger partial charge on any atom is -0.297 e. The van der Waals surface area contributed by atoms with Crippen LogP contribution in [0.5, 0.6) is 0 Å². The lowest BCUT2D eigenvalue weighted by molar-refractivity contribution is 0.592. The Bertz CT molecular complexity index is 1240. The van der Waals surface area contributed by atoms with Gasteiger partial charge in [-0.05, 0) is 19.1 Å². The third-order valence-electron chi connectivity index (χ3n) is 5.01. The SMILES string of the molecule is CCn1c(SCC2CSc3nnc(-c4ccccc4)n32)nc2ccccc2c1=O. The third kappa shape index (κ3) is 3.26. The Morgan fingerprint density at radius 1 is 1.10 bits per heavy atom. The molecule has 0 saturated carbocycles. The minimum absolute atomic E-state index is 0.0244. The smallest absolute Gasteiger partial charge is 0.262 e. The van der Waals surface area contributed by atoms with Crippen molar-refractivity contribution in [3.8, 4) is 11.4 Å². The van der Waals surface area contributed by atoms with Crippen LogP contribution >= 0.6 is 23.5 Å². The molecule has 0 N–H and O–H groups in total. The molecule has 4 aromatic rings. The van der Waals surface area contributed by atoms with E-state index in [0.29, 0.717) is 11.9 Å². The highest BCUT2D eigenvalue weighted by molar-refractivity contribution is 8.00. The number of nitrogens with zero attached hydrogens (tertiary/aromatic N) is 5. The van der Waals surface area contributed by atoms with Gasteiger partial charge in [0.25, 0.3) is 5.56 Å². The van der Waals surface area contributed by atoms with Crippen molar-refractivity contribution in [1.29, 1.82) is 0 Å². The van der Waals surface area contributed by atoms with Gasteiger partial charge in [-0.3, -0.25) is 13.9 Å². The maximum atomic E-state index is 12.9. The Morgan fingerprint density at radius 2 is 1.90 bits per heavy atom. The van der Waals surface area contributed by atoms with Crippen LogP contribution < -0.4 is 5.56 Å². The molecule has 0 saturated heterocycles. The highest BCUT2D eigenvalue weighted by Gasteiger charge is 2.29. The molecule has 29 heavy (non-hydrogen) atoms.